The average molecular weight is 390 g/mol. The second kappa shape index (κ2) is 11.9. The predicted octanol–water partition coefficient (Wildman–Crippen LogP) is 1.98. The average Bonchev–Trinajstić information content (AvgIpc) is 2.72. The monoisotopic (exact) mass is 389 g/mol. The highest BCUT2D eigenvalue weighted by Crippen LogP contribution is 2.19. The van der Waals surface area contributed by atoms with E-state index >= 15 is 0 Å². The van der Waals surface area contributed by atoms with E-state index in [0.717, 1.165) is 37.8 Å². The number of ether oxygens (including phenoxy) is 1. The topological polar surface area (TPSA) is 52.1 Å². The fraction of sp³-hybridized carbons (Fsp3) is 0.682. The summed E-state index contributed by atoms with van der Waals surface area (Å²) in [5, 5.41) is 6.89. The van der Waals surface area contributed by atoms with Crippen molar-refractivity contribution in [2.75, 3.05) is 66.5 Å². The molecule has 6 nitrogen and oxygen atoms in total. The number of methoxy groups -OCH3 is 1. The molecule has 1 aromatic rings. The SMILES string of the molecule is CCN1CCN(CC(C)CNC(=NC)NCCc2ccc(C)c(OC)c2)CC1. The maximum atomic E-state index is 5.41. The molecule has 1 unspecified atom stereocenters. The zero-order valence-corrected chi connectivity index (χ0v) is 18.4. The second-order valence-corrected chi connectivity index (χ2v) is 7.77. The van der Waals surface area contributed by atoms with Crippen LogP contribution in [0.3, 0.4) is 0 Å². The lowest BCUT2D eigenvalue weighted by molar-refractivity contribution is 0.124. The van der Waals surface area contributed by atoms with Gasteiger partial charge in [0.15, 0.2) is 5.96 Å². The van der Waals surface area contributed by atoms with E-state index in [0.29, 0.717) is 5.92 Å². The van der Waals surface area contributed by atoms with Crippen LogP contribution in [0.4, 0.5) is 0 Å². The number of hydrogen-bond acceptors (Lipinski definition) is 4. The lowest BCUT2D eigenvalue weighted by Crippen LogP contribution is -2.48. The third-order valence-electron chi connectivity index (χ3n) is 5.50. The number of benzene rings is 1. The highest BCUT2D eigenvalue weighted by atomic mass is 16.5. The molecule has 0 bridgehead atoms. The molecule has 0 amide bonds. The molecule has 0 radical (unpaired) electrons. The summed E-state index contributed by atoms with van der Waals surface area (Å²) >= 11 is 0. The summed E-state index contributed by atoms with van der Waals surface area (Å²) in [6, 6.07) is 6.40. The van der Waals surface area contributed by atoms with Gasteiger partial charge in [0.1, 0.15) is 5.75 Å². The number of piperazine rings is 1. The molecular weight excluding hydrogens is 350 g/mol. The van der Waals surface area contributed by atoms with Crippen LogP contribution in [-0.4, -0.2) is 82.3 Å². The van der Waals surface area contributed by atoms with E-state index < -0.39 is 0 Å². The molecule has 28 heavy (non-hydrogen) atoms. The number of hydrogen-bond donors (Lipinski definition) is 2. The largest absolute Gasteiger partial charge is 0.496 e. The Morgan fingerprint density at radius 1 is 1.18 bits per heavy atom. The Morgan fingerprint density at radius 2 is 1.89 bits per heavy atom. The van der Waals surface area contributed by atoms with Gasteiger partial charge in [-0.05, 0) is 43.0 Å². The van der Waals surface area contributed by atoms with Gasteiger partial charge in [0.25, 0.3) is 0 Å². The van der Waals surface area contributed by atoms with Crippen molar-refractivity contribution in [3.63, 3.8) is 0 Å². The molecule has 1 aromatic carbocycles. The molecule has 158 valence electrons. The highest BCUT2D eigenvalue weighted by Gasteiger charge is 2.17. The van der Waals surface area contributed by atoms with Gasteiger partial charge in [-0.3, -0.25) is 4.99 Å². The Bertz CT molecular complexity index is 611. The number of nitrogens with zero attached hydrogens (tertiary/aromatic N) is 3. The van der Waals surface area contributed by atoms with E-state index in [1.807, 2.05) is 7.05 Å². The van der Waals surface area contributed by atoms with Crippen molar-refractivity contribution in [2.45, 2.75) is 27.2 Å². The number of aryl methyl sites for hydroxylation is 1. The predicted molar refractivity (Wildman–Crippen MR) is 119 cm³/mol. The van der Waals surface area contributed by atoms with E-state index in [2.05, 4.69) is 64.4 Å². The normalized spacial score (nSPS) is 17.4. The number of rotatable bonds is 9. The van der Waals surface area contributed by atoms with Crippen molar-refractivity contribution in [2.24, 2.45) is 10.9 Å². The van der Waals surface area contributed by atoms with Crippen molar-refractivity contribution in [1.82, 2.24) is 20.4 Å². The minimum Gasteiger partial charge on any atom is -0.496 e. The summed E-state index contributed by atoms with van der Waals surface area (Å²) in [7, 11) is 3.56. The Balaban J connectivity index is 1.67. The van der Waals surface area contributed by atoms with E-state index in [4.69, 9.17) is 4.74 Å². The first-order valence-corrected chi connectivity index (χ1v) is 10.6. The third kappa shape index (κ3) is 7.32. The van der Waals surface area contributed by atoms with E-state index in [1.165, 1.54) is 43.9 Å². The third-order valence-corrected chi connectivity index (χ3v) is 5.50. The summed E-state index contributed by atoms with van der Waals surface area (Å²) in [4.78, 5) is 9.46. The fourth-order valence-electron chi connectivity index (χ4n) is 3.63. The van der Waals surface area contributed by atoms with Crippen LogP contribution in [0.5, 0.6) is 5.75 Å². The first-order valence-electron chi connectivity index (χ1n) is 10.6. The van der Waals surface area contributed by atoms with Gasteiger partial charge in [-0.25, -0.2) is 0 Å². The fourth-order valence-corrected chi connectivity index (χ4v) is 3.63. The van der Waals surface area contributed by atoms with Crippen molar-refractivity contribution in [1.29, 1.82) is 0 Å². The highest BCUT2D eigenvalue weighted by molar-refractivity contribution is 5.79. The molecule has 1 aliphatic heterocycles. The van der Waals surface area contributed by atoms with Crippen LogP contribution >= 0.6 is 0 Å². The van der Waals surface area contributed by atoms with Crippen LogP contribution < -0.4 is 15.4 Å². The van der Waals surface area contributed by atoms with Gasteiger partial charge >= 0.3 is 0 Å². The molecule has 6 heteroatoms. The van der Waals surface area contributed by atoms with Crippen molar-refractivity contribution in [3.8, 4) is 5.75 Å². The first-order chi connectivity index (χ1) is 13.5. The second-order valence-electron chi connectivity index (χ2n) is 7.77. The molecule has 1 fully saturated rings. The Kier molecular flexibility index (Phi) is 9.58. The van der Waals surface area contributed by atoms with Gasteiger partial charge in [0.05, 0.1) is 7.11 Å². The number of aliphatic imine (C=N–C) groups is 1. The molecule has 0 aliphatic carbocycles. The molecule has 0 saturated carbocycles. The summed E-state index contributed by atoms with van der Waals surface area (Å²) in [6.45, 7) is 15.5. The van der Waals surface area contributed by atoms with Crippen molar-refractivity contribution < 1.29 is 4.74 Å². The first kappa shape index (κ1) is 22.5. The van der Waals surface area contributed by atoms with Crippen molar-refractivity contribution in [3.05, 3.63) is 29.3 Å². The maximum absolute atomic E-state index is 5.41. The van der Waals surface area contributed by atoms with Gasteiger partial charge in [-0.15, -0.1) is 0 Å². The number of likely N-dealkylation sites (N-methyl/N-ethyl adjacent to an activating group) is 1. The van der Waals surface area contributed by atoms with E-state index in [1.54, 1.807) is 7.11 Å². The quantitative estimate of drug-likeness (QED) is 0.500. The summed E-state index contributed by atoms with van der Waals surface area (Å²) < 4.78 is 5.41. The molecule has 1 heterocycles. The van der Waals surface area contributed by atoms with E-state index in [9.17, 15) is 0 Å². The molecule has 1 atom stereocenters. The smallest absolute Gasteiger partial charge is 0.190 e. The van der Waals surface area contributed by atoms with Crippen LogP contribution in [0.25, 0.3) is 0 Å². The minimum absolute atomic E-state index is 0.591. The molecule has 0 aromatic heterocycles. The van der Waals surface area contributed by atoms with E-state index in [-0.39, 0.29) is 0 Å². The summed E-state index contributed by atoms with van der Waals surface area (Å²) in [5.74, 6) is 2.42. The Morgan fingerprint density at radius 3 is 2.54 bits per heavy atom. The van der Waals surface area contributed by atoms with Gasteiger partial charge in [-0.2, -0.15) is 0 Å². The van der Waals surface area contributed by atoms with Crippen LogP contribution in [0.15, 0.2) is 23.2 Å². The van der Waals surface area contributed by atoms with Gasteiger partial charge in [0.2, 0.25) is 0 Å². The molecular formula is C22H39N5O. The minimum atomic E-state index is 0.591. The Labute approximate surface area is 171 Å². The van der Waals surface area contributed by atoms with Crippen LogP contribution in [0.2, 0.25) is 0 Å². The maximum Gasteiger partial charge on any atom is 0.190 e. The van der Waals surface area contributed by atoms with Crippen molar-refractivity contribution >= 4 is 5.96 Å². The van der Waals surface area contributed by atoms with Gasteiger partial charge in [0, 0.05) is 52.9 Å². The van der Waals surface area contributed by atoms with Crippen LogP contribution in [-0.2, 0) is 6.42 Å². The number of nitrogens with one attached hydrogen (secondary N) is 2. The summed E-state index contributed by atoms with van der Waals surface area (Å²) in [6.07, 6.45) is 0.939. The molecule has 1 aliphatic rings. The zero-order valence-electron chi connectivity index (χ0n) is 18.4. The van der Waals surface area contributed by atoms with Crippen LogP contribution in [0.1, 0.15) is 25.0 Å². The van der Waals surface area contributed by atoms with Crippen LogP contribution in [0, 0.1) is 12.8 Å². The standard InChI is InChI=1S/C22H39N5O/c1-6-26-11-13-27(14-12-26)17-18(2)16-25-22(23-4)24-10-9-20-8-7-19(3)21(15-20)28-5/h7-8,15,18H,6,9-14,16-17H2,1-5H3,(H2,23,24,25). The zero-order chi connectivity index (χ0) is 20.4. The lowest BCUT2D eigenvalue weighted by Gasteiger charge is -2.35. The number of guanidine groups is 1. The molecule has 2 rings (SSSR count). The lowest BCUT2D eigenvalue weighted by atomic mass is 10.1. The Hall–Kier alpha value is -1.79. The molecule has 2 N–H and O–H groups in total. The van der Waals surface area contributed by atoms with Gasteiger partial charge in [-0.1, -0.05) is 26.0 Å². The van der Waals surface area contributed by atoms with Gasteiger partial charge < -0.3 is 25.2 Å². The molecule has 1 saturated heterocycles. The summed E-state index contributed by atoms with van der Waals surface area (Å²) in [5.41, 5.74) is 2.44. The molecule has 0 spiro atoms.